The van der Waals surface area contributed by atoms with Crippen LogP contribution in [0.4, 0.5) is 0 Å². The normalized spacial score (nSPS) is 11.8. The minimum Gasteiger partial charge on any atom is -0.354 e. The van der Waals surface area contributed by atoms with Crippen molar-refractivity contribution in [3.8, 4) is 0 Å². The van der Waals surface area contributed by atoms with Gasteiger partial charge in [-0.3, -0.25) is 9.59 Å². The van der Waals surface area contributed by atoms with Gasteiger partial charge in [0.15, 0.2) is 0 Å². The summed E-state index contributed by atoms with van der Waals surface area (Å²) in [4.78, 5) is 30.1. The lowest BCUT2D eigenvalue weighted by Crippen LogP contribution is -2.51. The molecule has 3 aromatic carbocycles. The lowest BCUT2D eigenvalue weighted by atomic mass is 10.0. The molecule has 0 unspecified atom stereocenters. The average Bonchev–Trinajstić information content (AvgIpc) is 2.88. The largest absolute Gasteiger partial charge is 0.354 e. The molecule has 0 fully saturated rings. The molecule has 1 atom stereocenters. The van der Waals surface area contributed by atoms with Gasteiger partial charge < -0.3 is 10.2 Å². The number of hydrogen-bond acceptors (Lipinski definition) is 3. The first-order chi connectivity index (χ1) is 17.8. The number of rotatable bonds is 13. The van der Waals surface area contributed by atoms with Gasteiger partial charge in [-0.25, -0.2) is 0 Å². The Labute approximate surface area is 230 Å². The van der Waals surface area contributed by atoms with Crippen LogP contribution < -0.4 is 5.32 Å². The van der Waals surface area contributed by atoms with E-state index in [1.54, 1.807) is 16.7 Å². The Bertz CT molecular complexity index is 1140. The molecule has 0 saturated carbocycles. The van der Waals surface area contributed by atoms with E-state index in [1.807, 2.05) is 79.7 Å². The van der Waals surface area contributed by atoms with Crippen molar-refractivity contribution < 1.29 is 9.59 Å². The van der Waals surface area contributed by atoms with Gasteiger partial charge in [0.2, 0.25) is 11.8 Å². The molecule has 2 amide bonds. The summed E-state index contributed by atoms with van der Waals surface area (Å²) in [6, 6.07) is 25.2. The van der Waals surface area contributed by atoms with Crippen LogP contribution >= 0.6 is 23.4 Å². The molecule has 1 N–H and O–H groups in total. The fourth-order valence-corrected chi connectivity index (χ4v) is 5.05. The van der Waals surface area contributed by atoms with Crippen LogP contribution in [-0.2, 0) is 22.6 Å². The standard InChI is InChI=1S/C31H37ClN2O2S/c1-23(2)21-33-31(36)29(20-25-10-5-4-6-11-25)34(22-26-12-7-9-24(3)19-26)30(35)13-8-18-37-28-16-14-27(32)15-17-28/h4-7,9-12,14-17,19,23,29H,8,13,18,20-22H2,1-3H3,(H,33,36)/t29-/m0/s1. The SMILES string of the molecule is Cc1cccc(CN(C(=O)CCCSc2ccc(Cl)cc2)[C@@H](Cc2ccccc2)C(=O)NCC(C)C)c1. The van der Waals surface area contributed by atoms with Gasteiger partial charge in [-0.2, -0.15) is 0 Å². The van der Waals surface area contributed by atoms with Crippen LogP contribution in [0.25, 0.3) is 0 Å². The number of carbonyl (C=O) groups is 2. The topological polar surface area (TPSA) is 49.4 Å². The predicted molar refractivity (Wildman–Crippen MR) is 155 cm³/mol. The molecule has 0 radical (unpaired) electrons. The highest BCUT2D eigenvalue weighted by Gasteiger charge is 2.30. The van der Waals surface area contributed by atoms with Crippen LogP contribution in [-0.4, -0.2) is 35.1 Å². The third-order valence-electron chi connectivity index (χ3n) is 6.01. The summed E-state index contributed by atoms with van der Waals surface area (Å²) in [5.74, 6) is 1.04. The molecule has 196 valence electrons. The summed E-state index contributed by atoms with van der Waals surface area (Å²) < 4.78 is 0. The van der Waals surface area contributed by atoms with Crippen LogP contribution in [0.3, 0.4) is 0 Å². The highest BCUT2D eigenvalue weighted by molar-refractivity contribution is 7.99. The van der Waals surface area contributed by atoms with Gasteiger partial charge in [-0.1, -0.05) is 85.6 Å². The molecule has 0 spiro atoms. The minimum absolute atomic E-state index is 0.00107. The van der Waals surface area contributed by atoms with E-state index in [1.165, 1.54) is 0 Å². The molecule has 6 heteroatoms. The van der Waals surface area contributed by atoms with Gasteiger partial charge in [0.25, 0.3) is 0 Å². The zero-order valence-electron chi connectivity index (χ0n) is 22.0. The monoisotopic (exact) mass is 536 g/mol. The predicted octanol–water partition coefficient (Wildman–Crippen LogP) is 6.93. The number of aryl methyl sites for hydroxylation is 1. The molecular formula is C31H37ClN2O2S. The molecule has 0 aromatic heterocycles. The molecule has 3 aromatic rings. The minimum atomic E-state index is -0.585. The smallest absolute Gasteiger partial charge is 0.243 e. The lowest BCUT2D eigenvalue weighted by molar-refractivity contribution is -0.141. The van der Waals surface area contributed by atoms with Crippen LogP contribution in [0.1, 0.15) is 43.4 Å². The highest BCUT2D eigenvalue weighted by Crippen LogP contribution is 2.22. The van der Waals surface area contributed by atoms with Gasteiger partial charge in [0.1, 0.15) is 6.04 Å². The van der Waals surface area contributed by atoms with Gasteiger partial charge in [-0.05, 0) is 60.4 Å². The lowest BCUT2D eigenvalue weighted by Gasteiger charge is -2.32. The summed E-state index contributed by atoms with van der Waals surface area (Å²) >= 11 is 7.70. The maximum Gasteiger partial charge on any atom is 0.243 e. The maximum atomic E-state index is 13.7. The quantitative estimate of drug-likeness (QED) is 0.190. The summed E-state index contributed by atoms with van der Waals surface area (Å²) in [6.07, 6.45) is 1.58. The summed E-state index contributed by atoms with van der Waals surface area (Å²) in [7, 11) is 0. The van der Waals surface area contributed by atoms with Crippen molar-refractivity contribution in [3.63, 3.8) is 0 Å². The summed E-state index contributed by atoms with van der Waals surface area (Å²) in [5.41, 5.74) is 3.19. The Hall–Kier alpha value is -2.76. The zero-order valence-corrected chi connectivity index (χ0v) is 23.5. The number of nitrogens with zero attached hydrogens (tertiary/aromatic N) is 1. The highest BCUT2D eigenvalue weighted by atomic mass is 35.5. The van der Waals surface area contributed by atoms with E-state index >= 15 is 0 Å². The Balaban J connectivity index is 1.78. The summed E-state index contributed by atoms with van der Waals surface area (Å²) in [6.45, 7) is 7.16. The number of carbonyl (C=O) groups excluding carboxylic acids is 2. The van der Waals surface area contributed by atoms with Crippen molar-refractivity contribution in [2.24, 2.45) is 5.92 Å². The summed E-state index contributed by atoms with van der Waals surface area (Å²) in [5, 5.41) is 3.79. The van der Waals surface area contributed by atoms with E-state index < -0.39 is 6.04 Å². The third kappa shape index (κ3) is 9.90. The van der Waals surface area contributed by atoms with Crippen molar-refractivity contribution in [2.75, 3.05) is 12.3 Å². The fourth-order valence-electron chi connectivity index (χ4n) is 4.07. The van der Waals surface area contributed by atoms with Gasteiger partial charge in [0.05, 0.1) is 0 Å². The second-order valence-corrected chi connectivity index (χ2v) is 11.4. The van der Waals surface area contributed by atoms with E-state index in [0.717, 1.165) is 33.8 Å². The Morgan fingerprint density at radius 1 is 0.946 bits per heavy atom. The second-order valence-electron chi connectivity index (χ2n) is 9.76. The van der Waals surface area contributed by atoms with Crippen LogP contribution in [0, 0.1) is 12.8 Å². The van der Waals surface area contributed by atoms with Crippen molar-refractivity contribution in [1.82, 2.24) is 10.2 Å². The maximum absolute atomic E-state index is 13.7. The van der Waals surface area contributed by atoms with Gasteiger partial charge in [0, 0.05) is 35.8 Å². The average molecular weight is 537 g/mol. The number of benzene rings is 3. The fraction of sp³-hybridized carbons (Fsp3) is 0.355. The van der Waals surface area contributed by atoms with Crippen molar-refractivity contribution in [1.29, 1.82) is 0 Å². The van der Waals surface area contributed by atoms with E-state index in [2.05, 4.69) is 25.2 Å². The molecular weight excluding hydrogens is 500 g/mol. The molecule has 0 aliphatic heterocycles. The number of halogens is 1. The first-order valence-corrected chi connectivity index (χ1v) is 14.2. The Kier molecular flexibility index (Phi) is 11.6. The number of nitrogens with one attached hydrogen (secondary N) is 1. The first-order valence-electron chi connectivity index (χ1n) is 12.9. The molecule has 4 nitrogen and oxygen atoms in total. The number of thioether (sulfide) groups is 1. The third-order valence-corrected chi connectivity index (χ3v) is 7.36. The van der Waals surface area contributed by atoms with Gasteiger partial charge in [-0.15, -0.1) is 11.8 Å². The van der Waals surface area contributed by atoms with Gasteiger partial charge >= 0.3 is 0 Å². The van der Waals surface area contributed by atoms with Crippen molar-refractivity contribution in [2.45, 2.75) is 57.5 Å². The zero-order chi connectivity index (χ0) is 26.6. The van der Waals surface area contributed by atoms with Crippen LogP contribution in [0.2, 0.25) is 5.02 Å². The molecule has 0 heterocycles. The second kappa shape index (κ2) is 14.8. The van der Waals surface area contributed by atoms with Crippen LogP contribution in [0.15, 0.2) is 83.8 Å². The molecule has 37 heavy (non-hydrogen) atoms. The Morgan fingerprint density at radius 3 is 2.32 bits per heavy atom. The molecule has 0 aliphatic rings. The van der Waals surface area contributed by atoms with Crippen LogP contribution in [0.5, 0.6) is 0 Å². The molecule has 0 bridgehead atoms. The number of amides is 2. The van der Waals surface area contributed by atoms with E-state index in [9.17, 15) is 9.59 Å². The van der Waals surface area contributed by atoms with E-state index in [4.69, 9.17) is 11.6 Å². The van der Waals surface area contributed by atoms with Crippen molar-refractivity contribution >= 4 is 35.2 Å². The first kappa shape index (κ1) is 28.8. The van der Waals surface area contributed by atoms with Crippen molar-refractivity contribution in [3.05, 3.63) is 101 Å². The Morgan fingerprint density at radius 2 is 1.65 bits per heavy atom. The molecule has 0 aliphatic carbocycles. The van der Waals surface area contributed by atoms with E-state index in [0.29, 0.717) is 36.9 Å². The molecule has 3 rings (SSSR count). The molecule has 0 saturated heterocycles. The number of hydrogen-bond donors (Lipinski definition) is 1. The van der Waals surface area contributed by atoms with E-state index in [-0.39, 0.29) is 11.8 Å².